The number of hydrogen-bond donors (Lipinski definition) is 1. The summed E-state index contributed by atoms with van der Waals surface area (Å²) >= 11 is 5.56. The van der Waals surface area contributed by atoms with Crippen LogP contribution in [0.5, 0.6) is 0 Å². The zero-order chi connectivity index (χ0) is 17.9. The highest BCUT2D eigenvalue weighted by Gasteiger charge is 2.41. The maximum Gasteiger partial charge on any atom is 0.227 e. The second-order valence-corrected chi connectivity index (χ2v) is 8.06. The molecule has 136 valence electrons. The van der Waals surface area contributed by atoms with Crippen LogP contribution < -0.4 is 5.32 Å². The number of nitrogens with zero attached hydrogens (tertiary/aromatic N) is 2. The van der Waals surface area contributed by atoms with E-state index in [-0.39, 0.29) is 35.2 Å². The van der Waals surface area contributed by atoms with Crippen molar-refractivity contribution in [2.24, 2.45) is 5.92 Å². The SMILES string of the molecule is CC(C)(C)N1CC(C(=O)N2CCC(NC(=O)CCCl)CC2)CC1=O. The Balaban J connectivity index is 1.83. The average Bonchev–Trinajstić information content (AvgIpc) is 2.89. The number of carbonyl (C=O) groups excluding carboxylic acids is 3. The zero-order valence-electron chi connectivity index (χ0n) is 14.8. The Hall–Kier alpha value is -1.30. The molecular weight excluding hydrogens is 330 g/mol. The molecule has 2 aliphatic heterocycles. The summed E-state index contributed by atoms with van der Waals surface area (Å²) in [6.45, 7) is 7.75. The molecular formula is C17H28ClN3O3. The molecule has 0 saturated carbocycles. The number of alkyl halides is 1. The quantitative estimate of drug-likeness (QED) is 0.772. The minimum atomic E-state index is -0.244. The first kappa shape index (κ1) is 19.0. The van der Waals surface area contributed by atoms with Crippen LogP contribution in [0, 0.1) is 5.92 Å². The van der Waals surface area contributed by atoms with Crippen LogP contribution in [0.1, 0.15) is 46.5 Å². The summed E-state index contributed by atoms with van der Waals surface area (Å²) in [7, 11) is 0. The molecule has 1 unspecified atom stereocenters. The molecule has 0 aromatic rings. The van der Waals surface area contributed by atoms with E-state index in [0.29, 0.717) is 38.4 Å². The van der Waals surface area contributed by atoms with Gasteiger partial charge in [0.15, 0.2) is 0 Å². The number of hydrogen-bond acceptors (Lipinski definition) is 3. The van der Waals surface area contributed by atoms with Gasteiger partial charge in [-0.25, -0.2) is 0 Å². The lowest BCUT2D eigenvalue weighted by atomic mass is 10.0. The molecule has 24 heavy (non-hydrogen) atoms. The second kappa shape index (κ2) is 7.72. The van der Waals surface area contributed by atoms with E-state index in [2.05, 4.69) is 5.32 Å². The summed E-state index contributed by atoms with van der Waals surface area (Å²) in [4.78, 5) is 40.1. The van der Waals surface area contributed by atoms with Crippen molar-refractivity contribution < 1.29 is 14.4 Å². The maximum atomic E-state index is 12.7. The Labute approximate surface area is 148 Å². The summed E-state index contributed by atoms with van der Waals surface area (Å²) in [5.41, 5.74) is -0.244. The highest BCUT2D eigenvalue weighted by atomic mass is 35.5. The third-order valence-electron chi connectivity index (χ3n) is 4.78. The van der Waals surface area contributed by atoms with Gasteiger partial charge in [-0.3, -0.25) is 14.4 Å². The van der Waals surface area contributed by atoms with E-state index in [1.54, 1.807) is 4.90 Å². The van der Waals surface area contributed by atoms with Crippen LogP contribution in [-0.2, 0) is 14.4 Å². The number of likely N-dealkylation sites (tertiary alicyclic amines) is 2. The Kier molecular flexibility index (Phi) is 6.12. The molecule has 6 nitrogen and oxygen atoms in total. The van der Waals surface area contributed by atoms with Crippen molar-refractivity contribution in [3.05, 3.63) is 0 Å². The van der Waals surface area contributed by atoms with E-state index >= 15 is 0 Å². The van der Waals surface area contributed by atoms with Gasteiger partial charge >= 0.3 is 0 Å². The molecule has 7 heteroatoms. The minimum Gasteiger partial charge on any atom is -0.353 e. The summed E-state index contributed by atoms with van der Waals surface area (Å²) in [5, 5.41) is 2.96. The van der Waals surface area contributed by atoms with Crippen LogP contribution in [0.25, 0.3) is 0 Å². The maximum absolute atomic E-state index is 12.7. The normalized spacial score (nSPS) is 22.8. The third kappa shape index (κ3) is 4.62. The molecule has 0 spiro atoms. The molecule has 2 fully saturated rings. The predicted octanol–water partition coefficient (Wildman–Crippen LogP) is 1.37. The monoisotopic (exact) mass is 357 g/mol. The van der Waals surface area contributed by atoms with Gasteiger partial charge in [-0.1, -0.05) is 0 Å². The van der Waals surface area contributed by atoms with Gasteiger partial charge in [0.25, 0.3) is 0 Å². The van der Waals surface area contributed by atoms with Crippen LogP contribution in [0.3, 0.4) is 0 Å². The third-order valence-corrected chi connectivity index (χ3v) is 4.97. The molecule has 0 aromatic heterocycles. The van der Waals surface area contributed by atoms with Gasteiger partial charge in [-0.15, -0.1) is 11.6 Å². The Bertz CT molecular complexity index is 496. The van der Waals surface area contributed by atoms with Crippen molar-refractivity contribution >= 4 is 29.3 Å². The molecule has 0 radical (unpaired) electrons. The molecule has 0 aromatic carbocycles. The first-order valence-electron chi connectivity index (χ1n) is 8.67. The van der Waals surface area contributed by atoms with Crippen LogP contribution in [0.15, 0.2) is 0 Å². The number of nitrogens with one attached hydrogen (secondary N) is 1. The van der Waals surface area contributed by atoms with Gasteiger partial charge in [0, 0.05) is 49.9 Å². The lowest BCUT2D eigenvalue weighted by Gasteiger charge is -2.35. The Morgan fingerprint density at radius 3 is 2.38 bits per heavy atom. The molecule has 2 rings (SSSR count). The van der Waals surface area contributed by atoms with Gasteiger partial charge in [0.2, 0.25) is 17.7 Å². The highest BCUT2D eigenvalue weighted by molar-refractivity contribution is 6.18. The van der Waals surface area contributed by atoms with Gasteiger partial charge < -0.3 is 15.1 Å². The van der Waals surface area contributed by atoms with Crippen LogP contribution in [-0.4, -0.2) is 64.6 Å². The van der Waals surface area contributed by atoms with E-state index in [4.69, 9.17) is 11.6 Å². The Morgan fingerprint density at radius 2 is 1.88 bits per heavy atom. The molecule has 2 heterocycles. The van der Waals surface area contributed by atoms with Crippen molar-refractivity contribution in [1.82, 2.24) is 15.1 Å². The molecule has 0 bridgehead atoms. The molecule has 1 atom stereocenters. The smallest absolute Gasteiger partial charge is 0.227 e. The van der Waals surface area contributed by atoms with E-state index in [1.165, 1.54) is 0 Å². The largest absolute Gasteiger partial charge is 0.353 e. The molecule has 2 aliphatic rings. The van der Waals surface area contributed by atoms with E-state index < -0.39 is 0 Å². The topological polar surface area (TPSA) is 69.7 Å². The fourth-order valence-electron chi connectivity index (χ4n) is 3.41. The molecule has 2 saturated heterocycles. The molecule has 0 aliphatic carbocycles. The van der Waals surface area contributed by atoms with Crippen LogP contribution in [0.2, 0.25) is 0 Å². The van der Waals surface area contributed by atoms with Crippen LogP contribution >= 0.6 is 11.6 Å². The fraction of sp³-hybridized carbons (Fsp3) is 0.824. The lowest BCUT2D eigenvalue weighted by molar-refractivity contribution is -0.137. The number of rotatable bonds is 4. The van der Waals surface area contributed by atoms with Crippen molar-refractivity contribution in [2.45, 2.75) is 58.0 Å². The number of amides is 3. The van der Waals surface area contributed by atoms with E-state index in [0.717, 1.165) is 12.8 Å². The van der Waals surface area contributed by atoms with E-state index in [9.17, 15) is 14.4 Å². The number of halogens is 1. The lowest BCUT2D eigenvalue weighted by Crippen LogP contribution is -2.48. The van der Waals surface area contributed by atoms with Gasteiger partial charge in [0.05, 0.1) is 5.92 Å². The number of piperidine rings is 1. The second-order valence-electron chi connectivity index (χ2n) is 7.68. The summed E-state index contributed by atoms with van der Waals surface area (Å²) in [6.07, 6.45) is 2.14. The van der Waals surface area contributed by atoms with Crippen LogP contribution in [0.4, 0.5) is 0 Å². The minimum absolute atomic E-state index is 0.0306. The number of carbonyl (C=O) groups is 3. The van der Waals surface area contributed by atoms with E-state index in [1.807, 2.05) is 25.7 Å². The average molecular weight is 358 g/mol. The first-order chi connectivity index (χ1) is 11.2. The van der Waals surface area contributed by atoms with Gasteiger partial charge in [0.1, 0.15) is 0 Å². The fourth-order valence-corrected chi connectivity index (χ4v) is 3.58. The standard InChI is InChI=1S/C17H28ClN3O3/c1-17(2,3)21-11-12(10-15(21)23)16(24)20-8-5-13(6-9-20)19-14(22)4-7-18/h12-13H,4-11H2,1-3H3,(H,19,22). The van der Waals surface area contributed by atoms with Gasteiger partial charge in [-0.2, -0.15) is 0 Å². The van der Waals surface area contributed by atoms with Gasteiger partial charge in [-0.05, 0) is 33.6 Å². The predicted molar refractivity (Wildman–Crippen MR) is 92.7 cm³/mol. The Morgan fingerprint density at radius 1 is 1.25 bits per heavy atom. The zero-order valence-corrected chi connectivity index (χ0v) is 15.6. The highest BCUT2D eigenvalue weighted by Crippen LogP contribution is 2.27. The van der Waals surface area contributed by atoms with Crippen molar-refractivity contribution in [3.8, 4) is 0 Å². The summed E-state index contributed by atoms with van der Waals surface area (Å²) in [5.74, 6) is 0.184. The summed E-state index contributed by atoms with van der Waals surface area (Å²) in [6, 6.07) is 0.112. The first-order valence-corrected chi connectivity index (χ1v) is 9.20. The van der Waals surface area contributed by atoms with Crippen molar-refractivity contribution in [1.29, 1.82) is 0 Å². The van der Waals surface area contributed by atoms with Crippen molar-refractivity contribution in [3.63, 3.8) is 0 Å². The molecule has 3 amide bonds. The van der Waals surface area contributed by atoms with Crippen molar-refractivity contribution in [2.75, 3.05) is 25.5 Å². The molecule has 1 N–H and O–H groups in total. The summed E-state index contributed by atoms with van der Waals surface area (Å²) < 4.78 is 0.